The molecule has 1 aliphatic carbocycles. The maximum Gasteiger partial charge on any atom is 0.321 e. The van der Waals surface area contributed by atoms with Gasteiger partial charge in [-0.15, -0.1) is 0 Å². The summed E-state index contributed by atoms with van der Waals surface area (Å²) in [6.07, 6.45) is 6.56. The van der Waals surface area contributed by atoms with Gasteiger partial charge in [-0.3, -0.25) is 0 Å². The van der Waals surface area contributed by atoms with Gasteiger partial charge in [0.05, 0.1) is 21.8 Å². The van der Waals surface area contributed by atoms with Crippen molar-refractivity contribution in [3.8, 4) is 23.0 Å². The molecule has 0 amide bonds. The first-order chi connectivity index (χ1) is 16.8. The van der Waals surface area contributed by atoms with Gasteiger partial charge < -0.3 is 15.0 Å². The standard InChI is InChI=1S/C26H29N5O3S/c1-17(2)16-30-35(32,33)21-10-7-18(8-11-21)25-24(27)22-12-9-20(34-26-28-13-4-14-29-26)15-23(22)31(25)19-5-3-6-19/h4,7-15,17,19,30H,3,5-6,16,27H2,1-2H3. The van der Waals surface area contributed by atoms with E-state index in [9.17, 15) is 8.42 Å². The van der Waals surface area contributed by atoms with Crippen LogP contribution in [-0.2, 0) is 10.0 Å². The molecule has 0 unspecified atom stereocenters. The number of anilines is 1. The number of nitrogen functional groups attached to an aromatic ring is 1. The molecule has 9 heteroatoms. The van der Waals surface area contributed by atoms with Crippen LogP contribution in [0.25, 0.3) is 22.2 Å². The molecule has 0 atom stereocenters. The summed E-state index contributed by atoms with van der Waals surface area (Å²) in [5.74, 6) is 0.857. The molecule has 0 radical (unpaired) electrons. The maximum absolute atomic E-state index is 12.6. The second kappa shape index (κ2) is 9.31. The molecule has 8 nitrogen and oxygen atoms in total. The highest BCUT2D eigenvalue weighted by Gasteiger charge is 2.27. The van der Waals surface area contributed by atoms with E-state index in [0.717, 1.165) is 41.4 Å². The van der Waals surface area contributed by atoms with E-state index >= 15 is 0 Å². The Bertz CT molecular complexity index is 1440. The highest BCUT2D eigenvalue weighted by Crippen LogP contribution is 2.45. The number of sulfonamides is 1. The number of nitrogens with zero attached hydrogens (tertiary/aromatic N) is 3. The third kappa shape index (κ3) is 4.61. The molecule has 4 aromatic rings. The number of nitrogens with two attached hydrogens (primary N) is 1. The number of fused-ring (bicyclic) bond motifs is 1. The zero-order valence-electron chi connectivity index (χ0n) is 19.8. The zero-order chi connectivity index (χ0) is 24.6. The molecule has 0 saturated heterocycles. The molecule has 3 N–H and O–H groups in total. The van der Waals surface area contributed by atoms with Gasteiger partial charge in [0.1, 0.15) is 5.75 Å². The molecule has 0 bridgehead atoms. The number of nitrogens with one attached hydrogen (secondary N) is 1. The summed E-state index contributed by atoms with van der Waals surface area (Å²) in [7, 11) is -3.56. The average Bonchev–Trinajstić information content (AvgIpc) is 3.09. The molecule has 5 rings (SSSR count). The van der Waals surface area contributed by atoms with Gasteiger partial charge in [0, 0.05) is 42.0 Å². The summed E-state index contributed by atoms with van der Waals surface area (Å²) in [6.45, 7) is 4.33. The van der Waals surface area contributed by atoms with Crippen molar-refractivity contribution >= 4 is 26.6 Å². The van der Waals surface area contributed by atoms with Crippen LogP contribution in [0.15, 0.2) is 65.8 Å². The quantitative estimate of drug-likeness (QED) is 0.353. The number of aromatic nitrogens is 3. The van der Waals surface area contributed by atoms with Crippen molar-refractivity contribution in [1.29, 1.82) is 0 Å². The first-order valence-electron chi connectivity index (χ1n) is 11.8. The fraction of sp³-hybridized carbons (Fsp3) is 0.308. The summed E-state index contributed by atoms with van der Waals surface area (Å²) >= 11 is 0. The van der Waals surface area contributed by atoms with Gasteiger partial charge in [-0.2, -0.15) is 0 Å². The van der Waals surface area contributed by atoms with Gasteiger partial charge in [0.15, 0.2) is 0 Å². The Balaban J connectivity index is 1.55. The summed E-state index contributed by atoms with van der Waals surface area (Å²) in [4.78, 5) is 8.52. The third-order valence-corrected chi connectivity index (χ3v) is 7.77. The van der Waals surface area contributed by atoms with Crippen molar-refractivity contribution in [1.82, 2.24) is 19.3 Å². The molecule has 0 spiro atoms. The van der Waals surface area contributed by atoms with Gasteiger partial charge in [-0.05, 0) is 55.5 Å². The van der Waals surface area contributed by atoms with Crippen molar-refractivity contribution in [2.24, 2.45) is 5.92 Å². The lowest BCUT2D eigenvalue weighted by atomic mass is 9.92. The molecule has 2 aromatic heterocycles. The predicted molar refractivity (Wildman–Crippen MR) is 137 cm³/mol. The minimum absolute atomic E-state index is 0.226. The van der Waals surface area contributed by atoms with Crippen LogP contribution in [0.1, 0.15) is 39.2 Å². The number of hydrogen-bond acceptors (Lipinski definition) is 6. The van der Waals surface area contributed by atoms with Crippen LogP contribution < -0.4 is 15.2 Å². The van der Waals surface area contributed by atoms with Crippen LogP contribution in [-0.4, -0.2) is 29.5 Å². The van der Waals surface area contributed by atoms with E-state index in [-0.39, 0.29) is 16.8 Å². The van der Waals surface area contributed by atoms with Gasteiger partial charge >= 0.3 is 6.01 Å². The Morgan fingerprint density at radius 3 is 2.46 bits per heavy atom. The summed E-state index contributed by atoms with van der Waals surface area (Å²) < 4.78 is 36.1. The van der Waals surface area contributed by atoms with E-state index in [0.29, 0.717) is 24.0 Å². The normalized spacial score (nSPS) is 14.4. The zero-order valence-corrected chi connectivity index (χ0v) is 20.6. The second-order valence-corrected chi connectivity index (χ2v) is 11.1. The summed E-state index contributed by atoms with van der Waals surface area (Å²) in [5.41, 5.74) is 10.1. The van der Waals surface area contributed by atoms with E-state index < -0.39 is 10.0 Å². The first-order valence-corrected chi connectivity index (χ1v) is 13.3. The number of rotatable bonds is 8. The van der Waals surface area contributed by atoms with Gasteiger partial charge in [-0.25, -0.2) is 23.1 Å². The summed E-state index contributed by atoms with van der Waals surface area (Å²) in [5, 5.41) is 0.934. The Hall–Kier alpha value is -3.43. The maximum atomic E-state index is 12.6. The fourth-order valence-electron chi connectivity index (χ4n) is 4.29. The minimum atomic E-state index is -3.56. The Labute approximate surface area is 205 Å². The smallest absolute Gasteiger partial charge is 0.321 e. The van der Waals surface area contributed by atoms with Crippen LogP contribution >= 0.6 is 0 Å². The van der Waals surface area contributed by atoms with Gasteiger partial charge in [-0.1, -0.05) is 26.0 Å². The van der Waals surface area contributed by atoms with Gasteiger partial charge in [0.25, 0.3) is 0 Å². The van der Waals surface area contributed by atoms with E-state index in [4.69, 9.17) is 10.5 Å². The lowest BCUT2D eigenvalue weighted by Crippen LogP contribution is -2.27. The van der Waals surface area contributed by atoms with E-state index in [1.165, 1.54) is 0 Å². The molecular weight excluding hydrogens is 462 g/mol. The Morgan fingerprint density at radius 2 is 1.83 bits per heavy atom. The van der Waals surface area contributed by atoms with Crippen LogP contribution in [0.3, 0.4) is 0 Å². The van der Waals surface area contributed by atoms with Crippen molar-refractivity contribution < 1.29 is 13.2 Å². The lowest BCUT2D eigenvalue weighted by Gasteiger charge is -2.30. The highest BCUT2D eigenvalue weighted by molar-refractivity contribution is 7.89. The number of benzene rings is 2. The summed E-state index contributed by atoms with van der Waals surface area (Å²) in [6, 6.07) is 15.1. The molecule has 35 heavy (non-hydrogen) atoms. The largest absolute Gasteiger partial charge is 0.424 e. The van der Waals surface area contributed by atoms with Crippen molar-refractivity contribution in [3.05, 3.63) is 60.9 Å². The minimum Gasteiger partial charge on any atom is -0.424 e. The van der Waals surface area contributed by atoms with Crippen LogP contribution in [0.4, 0.5) is 5.69 Å². The molecule has 1 aliphatic rings. The number of ether oxygens (including phenoxy) is 1. The van der Waals surface area contributed by atoms with Crippen molar-refractivity contribution in [3.63, 3.8) is 0 Å². The molecule has 2 heterocycles. The monoisotopic (exact) mass is 491 g/mol. The molecule has 1 saturated carbocycles. The lowest BCUT2D eigenvalue weighted by molar-refractivity contribution is 0.324. The number of hydrogen-bond donors (Lipinski definition) is 2. The van der Waals surface area contributed by atoms with E-state index in [2.05, 4.69) is 19.3 Å². The molecule has 2 aromatic carbocycles. The van der Waals surface area contributed by atoms with Gasteiger partial charge in [0.2, 0.25) is 10.0 Å². The first kappa shape index (κ1) is 23.3. The second-order valence-electron chi connectivity index (χ2n) is 9.30. The topological polar surface area (TPSA) is 112 Å². The van der Waals surface area contributed by atoms with Crippen LogP contribution in [0, 0.1) is 5.92 Å². The Morgan fingerprint density at radius 1 is 1.11 bits per heavy atom. The fourth-order valence-corrected chi connectivity index (χ4v) is 5.51. The predicted octanol–water partition coefficient (Wildman–Crippen LogP) is 5.13. The van der Waals surface area contributed by atoms with Crippen molar-refractivity contribution in [2.45, 2.75) is 44.0 Å². The van der Waals surface area contributed by atoms with Crippen LogP contribution in [0.2, 0.25) is 0 Å². The Kier molecular flexibility index (Phi) is 6.21. The molecule has 182 valence electrons. The molecule has 1 fully saturated rings. The average molecular weight is 492 g/mol. The highest BCUT2D eigenvalue weighted by atomic mass is 32.2. The van der Waals surface area contributed by atoms with E-state index in [1.54, 1.807) is 30.6 Å². The van der Waals surface area contributed by atoms with Crippen LogP contribution in [0.5, 0.6) is 11.8 Å². The SMILES string of the molecule is CC(C)CNS(=O)(=O)c1ccc(-c2c(N)c3ccc(Oc4ncccn4)cc3n2C2CCC2)cc1. The van der Waals surface area contributed by atoms with E-state index in [1.807, 2.05) is 44.2 Å². The molecular formula is C26H29N5O3S. The third-order valence-electron chi connectivity index (χ3n) is 6.33. The molecule has 0 aliphatic heterocycles. The van der Waals surface area contributed by atoms with Crippen molar-refractivity contribution in [2.75, 3.05) is 12.3 Å².